The predicted molar refractivity (Wildman–Crippen MR) is 83.1 cm³/mol. The molecule has 2 aromatic rings. The highest BCUT2D eigenvalue weighted by atomic mass is 16.2. The maximum Gasteiger partial charge on any atom is 0.250 e. The first-order chi connectivity index (χ1) is 10.3. The molecule has 1 aromatic heterocycles. The number of unbranched alkanes of at least 4 members (excludes halogenated alkanes) is 1. The smallest absolute Gasteiger partial charge is 0.250 e. The maximum atomic E-state index is 11.7. The zero-order valence-corrected chi connectivity index (χ0v) is 12.0. The molecule has 0 unspecified atom stereocenters. The Morgan fingerprint density at radius 1 is 1.00 bits per heavy atom. The van der Waals surface area contributed by atoms with Crippen LogP contribution < -0.4 is 10.9 Å². The molecule has 0 saturated carbocycles. The third-order valence-corrected chi connectivity index (χ3v) is 3.27. The van der Waals surface area contributed by atoms with Gasteiger partial charge in [-0.1, -0.05) is 36.4 Å². The van der Waals surface area contributed by atoms with E-state index in [4.69, 9.17) is 0 Å². The predicted octanol–water partition coefficient (Wildman–Crippen LogP) is 1.99. The van der Waals surface area contributed by atoms with E-state index in [0.717, 1.165) is 19.3 Å². The Morgan fingerprint density at radius 3 is 2.52 bits per heavy atom. The molecule has 1 amide bonds. The number of hydrogen-bond acceptors (Lipinski definition) is 2. The number of amides is 1. The average molecular weight is 284 g/mol. The lowest BCUT2D eigenvalue weighted by Crippen LogP contribution is -2.32. The normalized spacial score (nSPS) is 10.3. The molecule has 1 aromatic carbocycles. The van der Waals surface area contributed by atoms with Crippen molar-refractivity contribution in [2.24, 2.45) is 0 Å². The van der Waals surface area contributed by atoms with Crippen LogP contribution in [-0.4, -0.2) is 17.0 Å². The van der Waals surface area contributed by atoms with Crippen molar-refractivity contribution < 1.29 is 4.79 Å². The number of rotatable bonds is 7. The first-order valence-corrected chi connectivity index (χ1v) is 7.22. The molecule has 0 aliphatic rings. The largest absolute Gasteiger partial charge is 0.355 e. The number of nitrogens with zero attached hydrogens (tertiary/aromatic N) is 1. The molecule has 0 bridgehead atoms. The first-order valence-electron chi connectivity index (χ1n) is 7.22. The van der Waals surface area contributed by atoms with E-state index in [0.29, 0.717) is 6.54 Å². The summed E-state index contributed by atoms with van der Waals surface area (Å²) >= 11 is 0. The molecule has 4 heteroatoms. The van der Waals surface area contributed by atoms with Gasteiger partial charge in [-0.3, -0.25) is 9.59 Å². The van der Waals surface area contributed by atoms with E-state index in [2.05, 4.69) is 17.4 Å². The molecular weight excluding hydrogens is 264 g/mol. The van der Waals surface area contributed by atoms with Crippen LogP contribution in [-0.2, 0) is 17.8 Å². The third kappa shape index (κ3) is 5.26. The summed E-state index contributed by atoms with van der Waals surface area (Å²) in [5.41, 5.74) is 1.16. The van der Waals surface area contributed by atoms with Crippen LogP contribution in [0.4, 0.5) is 0 Å². The van der Waals surface area contributed by atoms with Crippen LogP contribution in [0, 0.1) is 0 Å². The molecule has 2 rings (SSSR count). The Morgan fingerprint density at radius 2 is 1.76 bits per heavy atom. The van der Waals surface area contributed by atoms with Crippen LogP contribution in [0.2, 0.25) is 0 Å². The standard InChI is InChI=1S/C17H20N2O2/c20-16(14-19-13-7-5-11-17(19)21)18-12-6-4-10-15-8-2-1-3-9-15/h1-3,5,7-9,11,13H,4,6,10,12,14H2,(H,18,20). The quantitative estimate of drug-likeness (QED) is 0.791. The molecule has 4 nitrogen and oxygen atoms in total. The summed E-state index contributed by atoms with van der Waals surface area (Å²) in [6.07, 6.45) is 4.62. The highest BCUT2D eigenvalue weighted by molar-refractivity contribution is 5.75. The van der Waals surface area contributed by atoms with Crippen molar-refractivity contribution in [1.29, 1.82) is 0 Å². The Bertz CT molecular complexity index is 620. The summed E-state index contributed by atoms with van der Waals surface area (Å²) in [5, 5.41) is 2.85. The summed E-state index contributed by atoms with van der Waals surface area (Å²) in [4.78, 5) is 23.2. The number of benzene rings is 1. The van der Waals surface area contributed by atoms with Gasteiger partial charge >= 0.3 is 0 Å². The van der Waals surface area contributed by atoms with Crippen molar-refractivity contribution in [3.8, 4) is 0 Å². The molecule has 21 heavy (non-hydrogen) atoms. The third-order valence-electron chi connectivity index (χ3n) is 3.27. The van der Waals surface area contributed by atoms with Crippen LogP contribution in [0.15, 0.2) is 59.5 Å². The van der Waals surface area contributed by atoms with E-state index in [1.807, 2.05) is 18.2 Å². The van der Waals surface area contributed by atoms with E-state index < -0.39 is 0 Å². The van der Waals surface area contributed by atoms with E-state index in [1.165, 1.54) is 16.2 Å². The van der Waals surface area contributed by atoms with E-state index >= 15 is 0 Å². The molecule has 0 atom stereocenters. The van der Waals surface area contributed by atoms with Crippen LogP contribution in [0.5, 0.6) is 0 Å². The lowest BCUT2D eigenvalue weighted by molar-refractivity contribution is -0.121. The van der Waals surface area contributed by atoms with E-state index in [-0.39, 0.29) is 18.0 Å². The molecule has 0 fully saturated rings. The summed E-state index contributed by atoms with van der Waals surface area (Å²) in [7, 11) is 0. The monoisotopic (exact) mass is 284 g/mol. The van der Waals surface area contributed by atoms with Gasteiger partial charge in [-0.15, -0.1) is 0 Å². The molecule has 1 N–H and O–H groups in total. The lowest BCUT2D eigenvalue weighted by Gasteiger charge is -2.07. The van der Waals surface area contributed by atoms with E-state index in [1.54, 1.807) is 18.3 Å². The summed E-state index contributed by atoms with van der Waals surface area (Å²) in [6.45, 7) is 0.728. The van der Waals surface area contributed by atoms with Gasteiger partial charge in [0.2, 0.25) is 5.91 Å². The molecule has 110 valence electrons. The fourth-order valence-corrected chi connectivity index (χ4v) is 2.13. The van der Waals surface area contributed by atoms with Gasteiger partial charge in [-0.25, -0.2) is 0 Å². The number of pyridine rings is 1. The second kappa shape index (κ2) is 8.04. The van der Waals surface area contributed by atoms with Crippen LogP contribution in [0.3, 0.4) is 0 Å². The number of aromatic nitrogens is 1. The Labute approximate surface area is 124 Å². The minimum Gasteiger partial charge on any atom is -0.355 e. The van der Waals surface area contributed by atoms with Gasteiger partial charge in [-0.2, -0.15) is 0 Å². The first kappa shape index (κ1) is 15.0. The molecule has 0 aliphatic heterocycles. The minimum atomic E-state index is -0.156. The Kier molecular flexibility index (Phi) is 5.76. The van der Waals surface area contributed by atoms with Crippen LogP contribution in [0.25, 0.3) is 0 Å². The average Bonchev–Trinajstić information content (AvgIpc) is 2.50. The summed E-state index contributed by atoms with van der Waals surface area (Å²) < 4.78 is 1.40. The van der Waals surface area contributed by atoms with Gasteiger partial charge in [0.1, 0.15) is 6.54 Å². The fourth-order valence-electron chi connectivity index (χ4n) is 2.13. The zero-order chi connectivity index (χ0) is 14.9. The second-order valence-electron chi connectivity index (χ2n) is 4.96. The molecule has 0 aliphatic carbocycles. The van der Waals surface area contributed by atoms with Gasteiger partial charge in [0, 0.05) is 18.8 Å². The van der Waals surface area contributed by atoms with Gasteiger partial charge < -0.3 is 9.88 Å². The van der Waals surface area contributed by atoms with Crippen LogP contribution >= 0.6 is 0 Å². The summed E-state index contributed by atoms with van der Waals surface area (Å²) in [5.74, 6) is -0.122. The molecular formula is C17H20N2O2. The summed E-state index contributed by atoms with van der Waals surface area (Å²) in [6, 6.07) is 15.2. The molecule has 0 saturated heterocycles. The Balaban J connectivity index is 1.64. The second-order valence-corrected chi connectivity index (χ2v) is 4.96. The van der Waals surface area contributed by atoms with Gasteiger partial charge in [0.15, 0.2) is 0 Å². The maximum absolute atomic E-state index is 11.7. The van der Waals surface area contributed by atoms with Gasteiger partial charge in [0.25, 0.3) is 5.56 Å². The van der Waals surface area contributed by atoms with Crippen molar-refractivity contribution in [1.82, 2.24) is 9.88 Å². The fraction of sp³-hybridized carbons (Fsp3) is 0.294. The lowest BCUT2D eigenvalue weighted by atomic mass is 10.1. The molecule has 0 radical (unpaired) electrons. The van der Waals surface area contributed by atoms with Crippen LogP contribution in [0.1, 0.15) is 18.4 Å². The van der Waals surface area contributed by atoms with Crippen molar-refractivity contribution in [2.45, 2.75) is 25.8 Å². The highest BCUT2D eigenvalue weighted by Gasteiger charge is 2.02. The number of carbonyl (C=O) groups is 1. The van der Waals surface area contributed by atoms with Gasteiger partial charge in [0.05, 0.1) is 0 Å². The topological polar surface area (TPSA) is 51.1 Å². The number of hydrogen-bond donors (Lipinski definition) is 1. The van der Waals surface area contributed by atoms with Crippen molar-refractivity contribution >= 4 is 5.91 Å². The van der Waals surface area contributed by atoms with E-state index in [9.17, 15) is 9.59 Å². The van der Waals surface area contributed by atoms with Crippen molar-refractivity contribution in [3.63, 3.8) is 0 Å². The Hall–Kier alpha value is -2.36. The zero-order valence-electron chi connectivity index (χ0n) is 12.0. The van der Waals surface area contributed by atoms with Gasteiger partial charge in [-0.05, 0) is 30.9 Å². The highest BCUT2D eigenvalue weighted by Crippen LogP contribution is 2.03. The van der Waals surface area contributed by atoms with Crippen molar-refractivity contribution in [2.75, 3.05) is 6.54 Å². The number of aryl methyl sites for hydroxylation is 1. The number of carbonyl (C=O) groups excluding carboxylic acids is 1. The molecule has 1 heterocycles. The minimum absolute atomic E-state index is 0.0817. The molecule has 0 spiro atoms. The van der Waals surface area contributed by atoms with Crippen molar-refractivity contribution in [3.05, 3.63) is 70.6 Å². The number of nitrogens with one attached hydrogen (secondary N) is 1. The SMILES string of the molecule is O=C(Cn1ccccc1=O)NCCCCc1ccccc1.